The Hall–Kier alpha value is -1.08. The van der Waals surface area contributed by atoms with Crippen LogP contribution in [0, 0.1) is 5.82 Å². The quantitative estimate of drug-likeness (QED) is 0.775. The minimum Gasteiger partial charge on any atom is -0.399 e. The van der Waals surface area contributed by atoms with Crippen molar-refractivity contribution in [1.82, 2.24) is 4.98 Å². The maximum Gasteiger partial charge on any atom is 0.497 e. The highest BCUT2D eigenvalue weighted by molar-refractivity contribution is 6.62. The maximum atomic E-state index is 13.7. The van der Waals surface area contributed by atoms with Crippen LogP contribution in [0.4, 0.5) is 13.2 Å². The number of hydrogen-bond acceptors (Lipinski definition) is 3. The zero-order chi connectivity index (χ0) is 14.4. The smallest absolute Gasteiger partial charge is 0.399 e. The van der Waals surface area contributed by atoms with Crippen molar-refractivity contribution in [2.45, 2.75) is 45.3 Å². The first-order valence-corrected chi connectivity index (χ1v) is 5.93. The van der Waals surface area contributed by atoms with E-state index in [1.165, 1.54) is 0 Å². The molecule has 2 heterocycles. The number of hydrogen-bond donors (Lipinski definition) is 0. The Bertz CT molecular complexity index is 478. The second-order valence-corrected chi connectivity index (χ2v) is 5.52. The Labute approximate surface area is 110 Å². The third-order valence-electron chi connectivity index (χ3n) is 3.64. The Morgan fingerprint density at radius 1 is 1.16 bits per heavy atom. The second kappa shape index (κ2) is 4.49. The summed E-state index contributed by atoms with van der Waals surface area (Å²) < 4.78 is 50.2. The first-order chi connectivity index (χ1) is 8.64. The van der Waals surface area contributed by atoms with Gasteiger partial charge in [-0.15, -0.1) is 0 Å². The molecule has 1 aliphatic rings. The highest BCUT2D eigenvalue weighted by atomic mass is 19.3. The van der Waals surface area contributed by atoms with Crippen molar-refractivity contribution < 1.29 is 22.5 Å². The van der Waals surface area contributed by atoms with Crippen molar-refractivity contribution in [3.8, 4) is 0 Å². The molecule has 0 bridgehead atoms. The molecule has 0 aliphatic carbocycles. The van der Waals surface area contributed by atoms with E-state index in [1.807, 2.05) is 0 Å². The molecule has 3 nitrogen and oxygen atoms in total. The van der Waals surface area contributed by atoms with Crippen molar-refractivity contribution in [1.29, 1.82) is 0 Å². The molecule has 1 aliphatic heterocycles. The highest BCUT2D eigenvalue weighted by Crippen LogP contribution is 2.36. The van der Waals surface area contributed by atoms with Crippen molar-refractivity contribution in [3.63, 3.8) is 0 Å². The normalized spacial score (nSPS) is 21.2. The molecule has 0 radical (unpaired) electrons. The van der Waals surface area contributed by atoms with Crippen molar-refractivity contribution >= 4 is 12.6 Å². The van der Waals surface area contributed by atoms with Crippen LogP contribution in [0.1, 0.15) is 39.8 Å². The second-order valence-electron chi connectivity index (χ2n) is 5.52. The zero-order valence-electron chi connectivity index (χ0n) is 11.2. The first-order valence-electron chi connectivity index (χ1n) is 5.93. The number of rotatable bonds is 2. The lowest BCUT2D eigenvalue weighted by atomic mass is 9.79. The molecule has 7 heteroatoms. The van der Waals surface area contributed by atoms with Crippen molar-refractivity contribution in [3.05, 3.63) is 23.8 Å². The summed E-state index contributed by atoms with van der Waals surface area (Å²) in [4.78, 5) is 3.35. The molecule has 2 rings (SSSR count). The summed E-state index contributed by atoms with van der Waals surface area (Å²) in [7, 11) is -1.01. The summed E-state index contributed by atoms with van der Waals surface area (Å²) in [5, 5.41) is 0. The van der Waals surface area contributed by atoms with Crippen LogP contribution in [-0.2, 0) is 9.31 Å². The van der Waals surface area contributed by atoms with E-state index in [2.05, 4.69) is 4.98 Å². The molecule has 1 aromatic rings. The summed E-state index contributed by atoms with van der Waals surface area (Å²) in [6.45, 7) is 7.22. The molecule has 0 spiro atoms. The Morgan fingerprint density at radius 3 is 2.16 bits per heavy atom. The number of pyridine rings is 1. The summed E-state index contributed by atoms with van der Waals surface area (Å²) in [5.41, 5.74) is -1.86. The molecule has 104 valence electrons. The van der Waals surface area contributed by atoms with Crippen LogP contribution < -0.4 is 5.46 Å². The van der Waals surface area contributed by atoms with Crippen LogP contribution >= 0.6 is 0 Å². The van der Waals surface area contributed by atoms with E-state index in [0.29, 0.717) is 0 Å². The molecular formula is C12H15BF3NO2. The summed E-state index contributed by atoms with van der Waals surface area (Å²) in [5.74, 6) is -0.720. The lowest BCUT2D eigenvalue weighted by Crippen LogP contribution is -2.41. The average Bonchev–Trinajstić information content (AvgIpc) is 2.48. The standard InChI is InChI=1S/C12H15BF3NO2/c1-11(2)12(3,4)19-13(18-11)7-5-9(10(15)16)17-6-8(7)14/h5-6,10H,1-4H3. The van der Waals surface area contributed by atoms with Gasteiger partial charge in [-0.2, -0.15) is 0 Å². The van der Waals surface area contributed by atoms with Gasteiger partial charge in [-0.3, -0.25) is 4.98 Å². The van der Waals surface area contributed by atoms with Gasteiger partial charge in [0.15, 0.2) is 0 Å². The Kier molecular flexibility index (Phi) is 3.39. The van der Waals surface area contributed by atoms with E-state index in [9.17, 15) is 13.2 Å². The Balaban J connectivity index is 2.36. The fourth-order valence-corrected chi connectivity index (χ4v) is 1.74. The predicted molar refractivity (Wildman–Crippen MR) is 64.9 cm³/mol. The van der Waals surface area contributed by atoms with Gasteiger partial charge in [-0.1, -0.05) is 0 Å². The fourth-order valence-electron chi connectivity index (χ4n) is 1.74. The molecule has 0 amide bonds. The van der Waals surface area contributed by atoms with Crippen molar-refractivity contribution in [2.24, 2.45) is 0 Å². The van der Waals surface area contributed by atoms with Crippen LogP contribution in [-0.4, -0.2) is 23.3 Å². The van der Waals surface area contributed by atoms with Gasteiger partial charge in [0.05, 0.1) is 17.4 Å². The van der Waals surface area contributed by atoms with Gasteiger partial charge >= 0.3 is 7.12 Å². The minimum atomic E-state index is -2.76. The lowest BCUT2D eigenvalue weighted by molar-refractivity contribution is 0.00578. The molecule has 0 atom stereocenters. The lowest BCUT2D eigenvalue weighted by Gasteiger charge is -2.32. The van der Waals surface area contributed by atoms with Gasteiger partial charge < -0.3 is 9.31 Å². The van der Waals surface area contributed by atoms with E-state index in [1.54, 1.807) is 27.7 Å². The largest absolute Gasteiger partial charge is 0.497 e. The van der Waals surface area contributed by atoms with Crippen LogP contribution in [0.3, 0.4) is 0 Å². The molecule has 19 heavy (non-hydrogen) atoms. The van der Waals surface area contributed by atoms with E-state index in [0.717, 1.165) is 12.3 Å². The minimum absolute atomic E-state index is 0.0519. The molecule has 0 N–H and O–H groups in total. The van der Waals surface area contributed by atoms with Crippen molar-refractivity contribution in [2.75, 3.05) is 0 Å². The number of alkyl halides is 2. The Morgan fingerprint density at radius 2 is 1.68 bits per heavy atom. The summed E-state index contributed by atoms with van der Waals surface area (Å²) >= 11 is 0. The zero-order valence-corrected chi connectivity index (χ0v) is 11.2. The number of halogens is 3. The molecule has 1 fully saturated rings. The van der Waals surface area contributed by atoms with Crippen LogP contribution in [0.25, 0.3) is 0 Å². The number of nitrogens with zero attached hydrogens (tertiary/aromatic N) is 1. The topological polar surface area (TPSA) is 31.4 Å². The molecule has 1 aromatic heterocycles. The molecule has 0 unspecified atom stereocenters. The van der Waals surface area contributed by atoms with E-state index < -0.39 is 36.3 Å². The molecule has 0 saturated carbocycles. The predicted octanol–water partition coefficient (Wildman–Crippen LogP) is 2.46. The average molecular weight is 273 g/mol. The van der Waals surface area contributed by atoms with Gasteiger partial charge in [0, 0.05) is 5.46 Å². The van der Waals surface area contributed by atoms with Crippen LogP contribution in [0.5, 0.6) is 0 Å². The SMILES string of the molecule is CC1(C)OB(c2cc(C(F)F)ncc2F)OC1(C)C. The fraction of sp³-hybridized carbons (Fsp3) is 0.583. The maximum absolute atomic E-state index is 13.7. The van der Waals surface area contributed by atoms with Crippen LogP contribution in [0.2, 0.25) is 0 Å². The summed E-state index contributed by atoms with van der Waals surface area (Å²) in [6, 6.07) is 0.988. The van der Waals surface area contributed by atoms with Gasteiger partial charge in [-0.05, 0) is 33.8 Å². The number of aromatic nitrogens is 1. The molecule has 1 saturated heterocycles. The van der Waals surface area contributed by atoms with Gasteiger partial charge in [-0.25, -0.2) is 13.2 Å². The highest BCUT2D eigenvalue weighted by Gasteiger charge is 2.52. The molecular weight excluding hydrogens is 258 g/mol. The summed E-state index contributed by atoms with van der Waals surface area (Å²) in [6.07, 6.45) is -2.00. The first kappa shape index (κ1) is 14.3. The molecule has 0 aromatic carbocycles. The van der Waals surface area contributed by atoms with E-state index in [-0.39, 0.29) is 5.46 Å². The van der Waals surface area contributed by atoms with E-state index >= 15 is 0 Å². The van der Waals surface area contributed by atoms with Gasteiger partial charge in [0.25, 0.3) is 6.43 Å². The van der Waals surface area contributed by atoms with E-state index in [4.69, 9.17) is 9.31 Å². The monoisotopic (exact) mass is 273 g/mol. The third-order valence-corrected chi connectivity index (χ3v) is 3.64. The third kappa shape index (κ3) is 2.49. The van der Waals surface area contributed by atoms with Gasteiger partial charge in [0.2, 0.25) is 0 Å². The van der Waals surface area contributed by atoms with Gasteiger partial charge in [0.1, 0.15) is 11.5 Å². The van der Waals surface area contributed by atoms with Crippen LogP contribution in [0.15, 0.2) is 12.3 Å².